The fourth-order valence-corrected chi connectivity index (χ4v) is 4.65. The maximum absolute atomic E-state index is 12.4. The summed E-state index contributed by atoms with van der Waals surface area (Å²) in [6, 6.07) is 14.0. The molecule has 0 saturated heterocycles. The molecule has 3 heterocycles. The van der Waals surface area contributed by atoms with Gasteiger partial charge in [-0.25, -0.2) is 0 Å². The Labute approximate surface area is 183 Å². The van der Waals surface area contributed by atoms with Crippen LogP contribution in [0.5, 0.6) is 0 Å². The number of hydrogen-bond donors (Lipinski definition) is 1. The largest absolute Gasteiger partial charge is 0.351 e. The molecule has 0 unspecified atom stereocenters. The monoisotopic (exact) mass is 438 g/mol. The summed E-state index contributed by atoms with van der Waals surface area (Å²) in [5, 5.41) is 18.6. The standard InChI is InChI=1S/C21H22N6OS2/c1-2-27-20(18-9-5-12-29-18)24-25-21(27)30-15-19(28)22-13-16-7-3-4-8-17(16)14-26-11-6-10-23-26/h3-12H,2,13-15H2,1H3,(H,22,28). The van der Waals surface area contributed by atoms with E-state index in [1.807, 2.05) is 57.2 Å². The highest BCUT2D eigenvalue weighted by atomic mass is 32.2. The highest BCUT2D eigenvalue weighted by Crippen LogP contribution is 2.27. The summed E-state index contributed by atoms with van der Waals surface area (Å²) >= 11 is 3.04. The second-order valence-corrected chi connectivity index (χ2v) is 8.46. The molecule has 0 atom stereocenters. The predicted octanol–water partition coefficient (Wildman–Crippen LogP) is 3.68. The van der Waals surface area contributed by atoms with Crippen molar-refractivity contribution in [3.63, 3.8) is 0 Å². The number of amides is 1. The molecule has 0 saturated carbocycles. The lowest BCUT2D eigenvalue weighted by Crippen LogP contribution is -2.25. The van der Waals surface area contributed by atoms with Crippen LogP contribution in [0.1, 0.15) is 18.1 Å². The first kappa shape index (κ1) is 20.4. The molecule has 0 aliphatic rings. The molecule has 3 aromatic heterocycles. The molecule has 0 spiro atoms. The quantitative estimate of drug-likeness (QED) is 0.403. The number of carbonyl (C=O) groups excluding carboxylic acids is 1. The van der Waals surface area contributed by atoms with Gasteiger partial charge >= 0.3 is 0 Å². The van der Waals surface area contributed by atoms with Gasteiger partial charge in [0.25, 0.3) is 0 Å². The van der Waals surface area contributed by atoms with E-state index in [2.05, 4.69) is 33.6 Å². The Balaban J connectivity index is 1.34. The zero-order chi connectivity index (χ0) is 20.8. The minimum Gasteiger partial charge on any atom is -0.351 e. The van der Waals surface area contributed by atoms with Gasteiger partial charge in [0.05, 0.1) is 17.2 Å². The minimum absolute atomic E-state index is 0.0304. The lowest BCUT2D eigenvalue weighted by atomic mass is 10.1. The normalized spacial score (nSPS) is 11.0. The second-order valence-electron chi connectivity index (χ2n) is 6.57. The van der Waals surface area contributed by atoms with Crippen molar-refractivity contribution >= 4 is 29.0 Å². The summed E-state index contributed by atoms with van der Waals surface area (Å²) in [6.07, 6.45) is 3.70. The molecule has 0 aliphatic carbocycles. The van der Waals surface area contributed by atoms with E-state index in [1.165, 1.54) is 11.8 Å². The summed E-state index contributed by atoms with van der Waals surface area (Å²) < 4.78 is 3.92. The molecule has 4 rings (SSSR count). The van der Waals surface area contributed by atoms with Gasteiger partial charge in [0, 0.05) is 25.5 Å². The van der Waals surface area contributed by atoms with Crippen LogP contribution in [0.2, 0.25) is 0 Å². The van der Waals surface area contributed by atoms with Crippen LogP contribution in [0.15, 0.2) is 65.4 Å². The fourth-order valence-electron chi connectivity index (χ4n) is 3.10. The number of nitrogens with zero attached hydrogens (tertiary/aromatic N) is 5. The lowest BCUT2D eigenvalue weighted by Gasteiger charge is -2.11. The van der Waals surface area contributed by atoms with E-state index in [0.29, 0.717) is 18.8 Å². The molecule has 0 radical (unpaired) electrons. The predicted molar refractivity (Wildman–Crippen MR) is 119 cm³/mol. The van der Waals surface area contributed by atoms with Crippen molar-refractivity contribution in [2.75, 3.05) is 5.75 Å². The van der Waals surface area contributed by atoms with Gasteiger partial charge in [-0.05, 0) is 35.6 Å². The number of aromatic nitrogens is 5. The molecular weight excluding hydrogens is 416 g/mol. The van der Waals surface area contributed by atoms with Gasteiger partial charge in [0.15, 0.2) is 11.0 Å². The summed E-state index contributed by atoms with van der Waals surface area (Å²) in [6.45, 7) is 3.97. The number of thiophene rings is 1. The molecule has 4 aromatic rings. The van der Waals surface area contributed by atoms with Crippen LogP contribution in [-0.4, -0.2) is 36.2 Å². The van der Waals surface area contributed by atoms with Gasteiger partial charge in [-0.15, -0.1) is 21.5 Å². The first-order valence-corrected chi connectivity index (χ1v) is 11.5. The Hall–Kier alpha value is -2.91. The second kappa shape index (κ2) is 9.73. The number of nitrogens with one attached hydrogen (secondary N) is 1. The Kier molecular flexibility index (Phi) is 6.60. The van der Waals surface area contributed by atoms with E-state index >= 15 is 0 Å². The summed E-state index contributed by atoms with van der Waals surface area (Å²) in [4.78, 5) is 13.5. The van der Waals surface area contributed by atoms with Crippen molar-refractivity contribution in [1.82, 2.24) is 29.9 Å². The van der Waals surface area contributed by atoms with Crippen molar-refractivity contribution < 1.29 is 4.79 Å². The third kappa shape index (κ3) is 4.80. The smallest absolute Gasteiger partial charge is 0.230 e. The zero-order valence-corrected chi connectivity index (χ0v) is 18.2. The number of hydrogen-bond acceptors (Lipinski definition) is 6. The third-order valence-electron chi connectivity index (χ3n) is 4.59. The Morgan fingerprint density at radius 2 is 2.00 bits per heavy atom. The highest BCUT2D eigenvalue weighted by molar-refractivity contribution is 7.99. The van der Waals surface area contributed by atoms with Crippen LogP contribution in [-0.2, 0) is 24.4 Å². The first-order chi connectivity index (χ1) is 14.7. The van der Waals surface area contributed by atoms with Gasteiger partial charge in [-0.2, -0.15) is 5.10 Å². The van der Waals surface area contributed by atoms with E-state index in [4.69, 9.17) is 0 Å². The number of rotatable bonds is 9. The SMILES string of the molecule is CCn1c(SCC(=O)NCc2ccccc2Cn2cccn2)nnc1-c1cccs1. The van der Waals surface area contributed by atoms with E-state index < -0.39 is 0 Å². The highest BCUT2D eigenvalue weighted by Gasteiger charge is 2.15. The van der Waals surface area contributed by atoms with E-state index in [9.17, 15) is 4.79 Å². The van der Waals surface area contributed by atoms with E-state index in [-0.39, 0.29) is 5.91 Å². The molecule has 0 aliphatic heterocycles. The summed E-state index contributed by atoms with van der Waals surface area (Å²) in [5.41, 5.74) is 2.23. The Morgan fingerprint density at radius 1 is 1.13 bits per heavy atom. The molecule has 154 valence electrons. The Bertz CT molecular complexity index is 1090. The molecule has 1 amide bonds. The maximum atomic E-state index is 12.4. The zero-order valence-electron chi connectivity index (χ0n) is 16.6. The number of thioether (sulfide) groups is 1. The van der Waals surface area contributed by atoms with Crippen LogP contribution in [0.3, 0.4) is 0 Å². The van der Waals surface area contributed by atoms with Crippen molar-refractivity contribution in [3.8, 4) is 10.7 Å². The number of carbonyl (C=O) groups is 1. The minimum atomic E-state index is -0.0304. The van der Waals surface area contributed by atoms with Crippen LogP contribution in [0.25, 0.3) is 10.7 Å². The molecule has 1 N–H and O–H groups in total. The van der Waals surface area contributed by atoms with Gasteiger partial charge in [0.1, 0.15) is 0 Å². The van der Waals surface area contributed by atoms with E-state index in [0.717, 1.165) is 33.5 Å². The lowest BCUT2D eigenvalue weighted by molar-refractivity contribution is -0.118. The summed E-state index contributed by atoms with van der Waals surface area (Å²) in [7, 11) is 0. The maximum Gasteiger partial charge on any atom is 0.230 e. The molecule has 0 bridgehead atoms. The fraction of sp³-hybridized carbons (Fsp3) is 0.238. The van der Waals surface area contributed by atoms with Gasteiger partial charge in [-0.1, -0.05) is 42.1 Å². The molecule has 0 fully saturated rings. The topological polar surface area (TPSA) is 77.6 Å². The average molecular weight is 439 g/mol. The summed E-state index contributed by atoms with van der Waals surface area (Å²) in [5.74, 6) is 1.12. The van der Waals surface area contributed by atoms with Crippen molar-refractivity contribution in [3.05, 3.63) is 71.4 Å². The van der Waals surface area contributed by atoms with Crippen LogP contribution >= 0.6 is 23.1 Å². The molecule has 30 heavy (non-hydrogen) atoms. The van der Waals surface area contributed by atoms with Gasteiger partial charge < -0.3 is 9.88 Å². The van der Waals surface area contributed by atoms with Crippen LogP contribution in [0.4, 0.5) is 0 Å². The van der Waals surface area contributed by atoms with Crippen molar-refractivity contribution in [1.29, 1.82) is 0 Å². The van der Waals surface area contributed by atoms with Crippen LogP contribution in [0, 0.1) is 0 Å². The molecule has 1 aromatic carbocycles. The Morgan fingerprint density at radius 3 is 2.73 bits per heavy atom. The van der Waals surface area contributed by atoms with Crippen LogP contribution < -0.4 is 5.32 Å². The molecule has 9 heteroatoms. The van der Waals surface area contributed by atoms with Gasteiger partial charge in [-0.3, -0.25) is 9.48 Å². The molecule has 7 nitrogen and oxygen atoms in total. The van der Waals surface area contributed by atoms with Crippen molar-refractivity contribution in [2.45, 2.75) is 31.7 Å². The van der Waals surface area contributed by atoms with E-state index in [1.54, 1.807) is 17.5 Å². The first-order valence-electron chi connectivity index (χ1n) is 9.65. The molecular formula is C21H22N6OS2. The van der Waals surface area contributed by atoms with Gasteiger partial charge in [0.2, 0.25) is 5.91 Å². The third-order valence-corrected chi connectivity index (χ3v) is 6.43. The average Bonchev–Trinajstić information content (AvgIpc) is 3.53. The van der Waals surface area contributed by atoms with Crippen molar-refractivity contribution in [2.24, 2.45) is 0 Å². The number of benzene rings is 1.